The number of nitrogen functional groups attached to an aromatic ring is 1. The molecule has 0 unspecified atom stereocenters. The number of carbonyl (C=O) groups is 4. The minimum Gasteiger partial charge on any atom is -0.464 e. The Labute approximate surface area is 298 Å². The molecule has 0 fully saturated rings. The fourth-order valence-corrected chi connectivity index (χ4v) is 5.97. The van der Waals surface area contributed by atoms with E-state index in [1.165, 1.54) is 36.0 Å². The van der Waals surface area contributed by atoms with Crippen LogP contribution in [0.2, 0.25) is 5.02 Å². The van der Waals surface area contributed by atoms with Crippen LogP contribution in [0.1, 0.15) is 97.2 Å². The summed E-state index contributed by atoms with van der Waals surface area (Å²) in [5.41, 5.74) is 8.93. The molecule has 13 heteroatoms. The first-order valence-corrected chi connectivity index (χ1v) is 16.5. The van der Waals surface area contributed by atoms with Crippen LogP contribution in [0.4, 0.5) is 10.1 Å². The topological polar surface area (TPSA) is 155 Å². The Morgan fingerprint density at radius 2 is 1.76 bits per heavy atom. The number of hydrogen-bond acceptors (Lipinski definition) is 9. The second-order valence-corrected chi connectivity index (χ2v) is 13.3. The Morgan fingerprint density at radius 1 is 1.02 bits per heavy atom. The molecule has 0 saturated carbocycles. The third-order valence-electron chi connectivity index (χ3n) is 8.17. The van der Waals surface area contributed by atoms with Crippen molar-refractivity contribution in [2.45, 2.75) is 58.6 Å². The first-order valence-electron chi connectivity index (χ1n) is 16.1. The molecule has 1 atom stereocenters. The number of aromatic nitrogens is 3. The molecule has 0 spiro atoms. The molecule has 1 amide bonds. The summed E-state index contributed by atoms with van der Waals surface area (Å²) in [6.45, 7) is 7.33. The smallest absolute Gasteiger partial charge is 0.356 e. The maximum atomic E-state index is 13.7. The quantitative estimate of drug-likeness (QED) is 0.107. The predicted octanol–water partition coefficient (Wildman–Crippen LogP) is 6.68. The second-order valence-electron chi connectivity index (χ2n) is 12.9. The standard InChI is InChI=1S/C32H31ClN4O6.C6H6FN/c1-17-19-12-13-24(21(19)11-10-20(17)30(40)43-32(2,3)4)36-29(39)26-15-25(31(41)42-5)35-28-22(16-34-37(26)28)27(38)14-18-8-6-7-9-23(18)33;7-5-2-1-3-6(8)4-5/h6-11,15-16,24H,12-14H2,1-5H3,(H,36,39);1-4H,8H2/t24-;/m0./s1. The van der Waals surface area contributed by atoms with Crippen molar-refractivity contribution < 1.29 is 33.0 Å². The zero-order valence-electron chi connectivity index (χ0n) is 28.8. The van der Waals surface area contributed by atoms with Crippen LogP contribution in [-0.4, -0.2) is 50.9 Å². The monoisotopic (exact) mass is 713 g/mol. The molecule has 0 bridgehead atoms. The van der Waals surface area contributed by atoms with Crippen molar-refractivity contribution in [2.24, 2.45) is 0 Å². The number of nitrogens with zero attached hydrogens (tertiary/aromatic N) is 3. The average Bonchev–Trinajstić information content (AvgIpc) is 3.69. The van der Waals surface area contributed by atoms with Gasteiger partial charge in [-0.1, -0.05) is 41.9 Å². The maximum Gasteiger partial charge on any atom is 0.356 e. The lowest BCUT2D eigenvalue weighted by Gasteiger charge is -2.21. The van der Waals surface area contributed by atoms with E-state index in [4.69, 9.17) is 26.8 Å². The summed E-state index contributed by atoms with van der Waals surface area (Å²) in [6, 6.07) is 17.3. The highest BCUT2D eigenvalue weighted by Crippen LogP contribution is 2.35. The summed E-state index contributed by atoms with van der Waals surface area (Å²) in [6.07, 6.45) is 2.57. The van der Waals surface area contributed by atoms with Crippen molar-refractivity contribution >= 4 is 46.6 Å². The summed E-state index contributed by atoms with van der Waals surface area (Å²) < 4.78 is 23.8. The number of benzene rings is 3. The minimum absolute atomic E-state index is 0.0118. The first kappa shape index (κ1) is 36.7. The molecule has 0 radical (unpaired) electrons. The van der Waals surface area contributed by atoms with Crippen LogP contribution in [0.5, 0.6) is 0 Å². The van der Waals surface area contributed by atoms with Crippen LogP contribution in [0.15, 0.2) is 72.9 Å². The highest BCUT2D eigenvalue weighted by Gasteiger charge is 2.31. The number of rotatable bonds is 7. The van der Waals surface area contributed by atoms with Gasteiger partial charge in [-0.2, -0.15) is 5.10 Å². The first-order chi connectivity index (χ1) is 24.2. The molecular weight excluding hydrogens is 677 g/mol. The zero-order valence-corrected chi connectivity index (χ0v) is 29.5. The van der Waals surface area contributed by atoms with Crippen LogP contribution in [0.3, 0.4) is 0 Å². The number of Topliss-reactive ketones (excluding diaryl/α,β-unsaturated/α-hetero) is 1. The molecule has 0 saturated heterocycles. The number of ether oxygens (including phenoxy) is 2. The third kappa shape index (κ3) is 8.41. The van der Waals surface area contributed by atoms with E-state index in [-0.39, 0.29) is 46.7 Å². The molecule has 5 aromatic rings. The molecule has 3 N–H and O–H groups in total. The van der Waals surface area contributed by atoms with E-state index >= 15 is 0 Å². The summed E-state index contributed by atoms with van der Waals surface area (Å²) >= 11 is 6.25. The number of esters is 2. The summed E-state index contributed by atoms with van der Waals surface area (Å²) in [5, 5.41) is 7.75. The third-order valence-corrected chi connectivity index (χ3v) is 8.54. The highest BCUT2D eigenvalue weighted by atomic mass is 35.5. The number of methoxy groups -OCH3 is 1. The highest BCUT2D eigenvalue weighted by molar-refractivity contribution is 6.31. The molecule has 3 aromatic carbocycles. The Hall–Kier alpha value is -5.62. The van der Waals surface area contributed by atoms with Gasteiger partial charge in [-0.05, 0) is 93.1 Å². The van der Waals surface area contributed by atoms with Gasteiger partial charge < -0.3 is 20.5 Å². The molecule has 1 aliphatic carbocycles. The maximum absolute atomic E-state index is 13.7. The second kappa shape index (κ2) is 15.1. The molecule has 2 aromatic heterocycles. The van der Waals surface area contributed by atoms with Crippen molar-refractivity contribution in [3.8, 4) is 0 Å². The number of hydrogen-bond donors (Lipinski definition) is 2. The normalized spacial score (nSPS) is 13.5. The van der Waals surface area contributed by atoms with E-state index in [0.717, 1.165) is 16.7 Å². The van der Waals surface area contributed by atoms with Gasteiger partial charge in [0.2, 0.25) is 0 Å². The summed E-state index contributed by atoms with van der Waals surface area (Å²) in [7, 11) is 1.21. The van der Waals surface area contributed by atoms with Gasteiger partial charge in [0.1, 0.15) is 17.1 Å². The molecule has 2 heterocycles. The van der Waals surface area contributed by atoms with E-state index in [0.29, 0.717) is 34.7 Å². The number of carbonyl (C=O) groups excluding carboxylic acids is 4. The van der Waals surface area contributed by atoms with Crippen molar-refractivity contribution in [3.05, 3.63) is 129 Å². The summed E-state index contributed by atoms with van der Waals surface area (Å²) in [4.78, 5) is 56.5. The van der Waals surface area contributed by atoms with Crippen LogP contribution in [-0.2, 0) is 22.3 Å². The van der Waals surface area contributed by atoms with E-state index in [9.17, 15) is 23.6 Å². The van der Waals surface area contributed by atoms with Crippen LogP contribution in [0.25, 0.3) is 5.65 Å². The van der Waals surface area contributed by atoms with E-state index in [2.05, 4.69) is 15.4 Å². The van der Waals surface area contributed by atoms with Crippen molar-refractivity contribution in [2.75, 3.05) is 12.8 Å². The number of fused-ring (bicyclic) bond motifs is 2. The largest absolute Gasteiger partial charge is 0.464 e. The number of anilines is 1. The Kier molecular flexibility index (Phi) is 10.8. The zero-order chi connectivity index (χ0) is 37.0. The Morgan fingerprint density at radius 3 is 2.41 bits per heavy atom. The SMILES string of the molecule is COC(=O)c1cc(C(=O)N[C@H]2CCc3c2ccc(C(=O)OC(C)(C)C)c3C)n2ncc(C(=O)Cc3ccccc3Cl)c2n1.Nc1cccc(F)c1. The van der Waals surface area contributed by atoms with Gasteiger partial charge in [0.15, 0.2) is 17.1 Å². The fourth-order valence-electron chi connectivity index (χ4n) is 5.76. The minimum atomic E-state index is -0.765. The average molecular weight is 714 g/mol. The Bertz CT molecular complexity index is 2140. The Balaban J connectivity index is 0.000000556. The van der Waals surface area contributed by atoms with Crippen LogP contribution < -0.4 is 11.1 Å². The molecule has 11 nitrogen and oxygen atoms in total. The lowest BCUT2D eigenvalue weighted by Crippen LogP contribution is -2.30. The van der Waals surface area contributed by atoms with Gasteiger partial charge in [-0.3, -0.25) is 9.59 Å². The van der Waals surface area contributed by atoms with E-state index in [1.807, 2.05) is 33.8 Å². The molecule has 1 aliphatic rings. The molecule has 0 aliphatic heterocycles. The van der Waals surface area contributed by atoms with Crippen LogP contribution >= 0.6 is 11.6 Å². The summed E-state index contributed by atoms with van der Waals surface area (Å²) in [5.74, 6) is -2.29. The van der Waals surface area contributed by atoms with Gasteiger partial charge in [0, 0.05) is 23.2 Å². The number of nitrogens with two attached hydrogens (primary N) is 1. The number of ketones is 1. The lowest BCUT2D eigenvalue weighted by atomic mass is 9.97. The van der Waals surface area contributed by atoms with Gasteiger partial charge >= 0.3 is 11.9 Å². The van der Waals surface area contributed by atoms with Gasteiger partial charge in [0.05, 0.1) is 30.5 Å². The lowest BCUT2D eigenvalue weighted by molar-refractivity contribution is 0.00681. The molecule has 51 heavy (non-hydrogen) atoms. The van der Waals surface area contributed by atoms with Crippen molar-refractivity contribution in [1.82, 2.24) is 19.9 Å². The fraction of sp³-hybridized carbons (Fsp3) is 0.263. The van der Waals surface area contributed by atoms with Gasteiger partial charge in [-0.25, -0.2) is 23.5 Å². The van der Waals surface area contributed by atoms with Gasteiger partial charge in [-0.15, -0.1) is 0 Å². The molecular formula is C38H37ClFN5O6. The number of amides is 1. The number of nitrogens with one attached hydrogen (secondary N) is 1. The van der Waals surface area contributed by atoms with Crippen LogP contribution in [0, 0.1) is 12.7 Å². The molecule has 6 rings (SSSR count). The van der Waals surface area contributed by atoms with Gasteiger partial charge in [0.25, 0.3) is 5.91 Å². The predicted molar refractivity (Wildman–Crippen MR) is 190 cm³/mol. The van der Waals surface area contributed by atoms with Crippen molar-refractivity contribution in [3.63, 3.8) is 0 Å². The van der Waals surface area contributed by atoms with E-state index < -0.39 is 23.4 Å². The van der Waals surface area contributed by atoms with Crippen molar-refractivity contribution in [1.29, 1.82) is 0 Å². The number of halogens is 2. The molecule has 264 valence electrons. The van der Waals surface area contributed by atoms with E-state index in [1.54, 1.807) is 42.5 Å².